The highest BCUT2D eigenvalue weighted by atomic mass is 35.5. The number of ether oxygens (including phenoxy) is 1. The van der Waals surface area contributed by atoms with Gasteiger partial charge in [-0.2, -0.15) is 0 Å². The van der Waals surface area contributed by atoms with Gasteiger partial charge in [-0.1, -0.05) is 11.6 Å². The van der Waals surface area contributed by atoms with Crippen molar-refractivity contribution in [2.75, 3.05) is 53.2 Å². The van der Waals surface area contributed by atoms with Crippen LogP contribution in [0.15, 0.2) is 18.2 Å². The molecule has 0 bridgehead atoms. The molecule has 0 aromatic heterocycles. The van der Waals surface area contributed by atoms with E-state index >= 15 is 0 Å². The summed E-state index contributed by atoms with van der Waals surface area (Å²) >= 11 is 6.11. The molecule has 0 radical (unpaired) electrons. The maximum atomic E-state index is 12.6. The van der Waals surface area contributed by atoms with Gasteiger partial charge in [0.05, 0.1) is 17.2 Å². The summed E-state index contributed by atoms with van der Waals surface area (Å²) in [6.07, 6.45) is 0.891. The summed E-state index contributed by atoms with van der Waals surface area (Å²) in [5.41, 5.74) is 6.72. The summed E-state index contributed by atoms with van der Waals surface area (Å²) in [6.45, 7) is 2.61. The van der Waals surface area contributed by atoms with Crippen molar-refractivity contribution in [3.05, 3.63) is 28.8 Å². The van der Waals surface area contributed by atoms with E-state index in [1.165, 1.54) is 0 Å². The Morgan fingerprint density at radius 3 is 2.62 bits per heavy atom. The minimum atomic E-state index is -0.108. The first kappa shape index (κ1) is 17.8. The van der Waals surface area contributed by atoms with E-state index in [-0.39, 0.29) is 5.91 Å². The van der Waals surface area contributed by atoms with Crippen LogP contribution in [0.4, 0.5) is 5.69 Å². The fourth-order valence-electron chi connectivity index (χ4n) is 1.97. The molecule has 21 heavy (non-hydrogen) atoms. The molecule has 6 heteroatoms. The van der Waals surface area contributed by atoms with Crippen molar-refractivity contribution in [2.24, 2.45) is 0 Å². The predicted octanol–water partition coefficient (Wildman–Crippen LogP) is 1.96. The van der Waals surface area contributed by atoms with E-state index < -0.39 is 0 Å². The Balaban J connectivity index is 2.80. The van der Waals surface area contributed by atoms with Crippen LogP contribution in [0, 0.1) is 0 Å². The number of hydrogen-bond acceptors (Lipinski definition) is 4. The Morgan fingerprint density at radius 1 is 1.29 bits per heavy atom. The summed E-state index contributed by atoms with van der Waals surface area (Å²) in [7, 11) is 5.64. The largest absolute Gasteiger partial charge is 0.399 e. The van der Waals surface area contributed by atoms with Crippen molar-refractivity contribution in [1.29, 1.82) is 0 Å². The van der Waals surface area contributed by atoms with Gasteiger partial charge in [-0.15, -0.1) is 0 Å². The molecule has 0 saturated heterocycles. The van der Waals surface area contributed by atoms with Crippen molar-refractivity contribution >= 4 is 23.2 Å². The van der Waals surface area contributed by atoms with Crippen LogP contribution in [0.1, 0.15) is 16.8 Å². The van der Waals surface area contributed by atoms with Gasteiger partial charge in [0, 0.05) is 25.9 Å². The number of methoxy groups -OCH3 is 1. The van der Waals surface area contributed by atoms with Gasteiger partial charge in [0.25, 0.3) is 5.91 Å². The molecule has 118 valence electrons. The lowest BCUT2D eigenvalue weighted by Crippen LogP contribution is -2.36. The van der Waals surface area contributed by atoms with E-state index in [2.05, 4.69) is 4.90 Å². The number of carbonyl (C=O) groups is 1. The Hall–Kier alpha value is -1.30. The smallest absolute Gasteiger partial charge is 0.255 e. The molecule has 0 spiro atoms. The maximum absolute atomic E-state index is 12.6. The van der Waals surface area contributed by atoms with Gasteiger partial charge in [-0.25, -0.2) is 0 Å². The number of amides is 1. The fourth-order valence-corrected chi connectivity index (χ4v) is 2.17. The van der Waals surface area contributed by atoms with E-state index in [0.717, 1.165) is 13.0 Å². The topological polar surface area (TPSA) is 58.8 Å². The van der Waals surface area contributed by atoms with Crippen LogP contribution in [0.25, 0.3) is 0 Å². The normalized spacial score (nSPS) is 10.9. The molecular formula is C15H24ClN3O2. The summed E-state index contributed by atoms with van der Waals surface area (Å²) in [6, 6.07) is 4.96. The number of halogens is 1. The molecule has 1 amide bonds. The van der Waals surface area contributed by atoms with E-state index in [9.17, 15) is 4.79 Å². The van der Waals surface area contributed by atoms with Gasteiger partial charge in [0.1, 0.15) is 0 Å². The third kappa shape index (κ3) is 5.91. The maximum Gasteiger partial charge on any atom is 0.255 e. The average Bonchev–Trinajstić information content (AvgIpc) is 2.44. The molecule has 2 N–H and O–H groups in total. The molecular weight excluding hydrogens is 290 g/mol. The summed E-state index contributed by atoms with van der Waals surface area (Å²) in [5.74, 6) is -0.108. The van der Waals surface area contributed by atoms with Crippen LogP contribution in [-0.4, -0.2) is 63.2 Å². The summed E-state index contributed by atoms with van der Waals surface area (Å²) in [5, 5.41) is 0.421. The van der Waals surface area contributed by atoms with Gasteiger partial charge < -0.3 is 20.3 Å². The van der Waals surface area contributed by atoms with Crippen LogP contribution in [-0.2, 0) is 4.74 Å². The van der Waals surface area contributed by atoms with Crippen LogP contribution in [0.5, 0.6) is 0 Å². The summed E-state index contributed by atoms with van der Waals surface area (Å²) < 4.78 is 5.08. The number of rotatable bonds is 8. The zero-order valence-electron chi connectivity index (χ0n) is 12.9. The number of nitrogen functional groups attached to an aromatic ring is 1. The van der Waals surface area contributed by atoms with Crippen molar-refractivity contribution in [3.63, 3.8) is 0 Å². The van der Waals surface area contributed by atoms with Gasteiger partial charge in [-0.05, 0) is 45.3 Å². The Labute approximate surface area is 131 Å². The molecule has 0 unspecified atom stereocenters. The van der Waals surface area contributed by atoms with E-state index in [1.807, 2.05) is 14.1 Å². The second kappa shape index (κ2) is 8.87. The molecule has 1 aromatic carbocycles. The Bertz CT molecular complexity index is 466. The average molecular weight is 314 g/mol. The second-order valence-corrected chi connectivity index (χ2v) is 5.59. The van der Waals surface area contributed by atoms with Crippen LogP contribution in [0.2, 0.25) is 5.02 Å². The highest BCUT2D eigenvalue weighted by molar-refractivity contribution is 6.34. The number of benzene rings is 1. The fraction of sp³-hybridized carbons (Fsp3) is 0.533. The minimum absolute atomic E-state index is 0.108. The summed E-state index contributed by atoms with van der Waals surface area (Å²) in [4.78, 5) is 16.5. The lowest BCUT2D eigenvalue weighted by atomic mass is 10.1. The number of hydrogen-bond donors (Lipinski definition) is 1. The van der Waals surface area contributed by atoms with Gasteiger partial charge in [-0.3, -0.25) is 4.79 Å². The van der Waals surface area contributed by atoms with Crippen molar-refractivity contribution < 1.29 is 9.53 Å². The van der Waals surface area contributed by atoms with Crippen molar-refractivity contribution in [2.45, 2.75) is 6.42 Å². The molecule has 0 aliphatic carbocycles. The van der Waals surface area contributed by atoms with E-state index in [1.54, 1.807) is 30.2 Å². The van der Waals surface area contributed by atoms with Crippen molar-refractivity contribution in [3.8, 4) is 0 Å². The lowest BCUT2D eigenvalue weighted by molar-refractivity contribution is 0.0689. The van der Waals surface area contributed by atoms with E-state index in [4.69, 9.17) is 22.1 Å². The first-order valence-corrected chi connectivity index (χ1v) is 7.31. The molecule has 1 aromatic rings. The second-order valence-electron chi connectivity index (χ2n) is 5.18. The highest BCUT2D eigenvalue weighted by Gasteiger charge is 2.18. The monoisotopic (exact) mass is 313 g/mol. The lowest BCUT2D eigenvalue weighted by Gasteiger charge is -2.24. The molecule has 0 saturated carbocycles. The standard InChI is InChI=1S/C15H24ClN3O2/c1-18(2)7-4-8-19(9-10-21-3)15(20)13-11-12(17)5-6-14(13)16/h5-6,11H,4,7-10,17H2,1-3H3. The van der Waals surface area contributed by atoms with Gasteiger partial charge >= 0.3 is 0 Å². The van der Waals surface area contributed by atoms with E-state index in [0.29, 0.717) is 36.0 Å². The van der Waals surface area contributed by atoms with Crippen molar-refractivity contribution in [1.82, 2.24) is 9.80 Å². The Morgan fingerprint density at radius 2 is 2.00 bits per heavy atom. The molecule has 0 fully saturated rings. The molecule has 0 aliphatic heterocycles. The van der Waals surface area contributed by atoms with Crippen LogP contribution < -0.4 is 5.73 Å². The SMILES string of the molecule is COCCN(CCCN(C)C)C(=O)c1cc(N)ccc1Cl. The molecule has 0 heterocycles. The quantitative estimate of drug-likeness (QED) is 0.745. The highest BCUT2D eigenvalue weighted by Crippen LogP contribution is 2.20. The zero-order chi connectivity index (χ0) is 15.8. The van der Waals surface area contributed by atoms with Gasteiger partial charge in [0.2, 0.25) is 0 Å². The minimum Gasteiger partial charge on any atom is -0.399 e. The van der Waals surface area contributed by atoms with Gasteiger partial charge in [0.15, 0.2) is 0 Å². The third-order valence-electron chi connectivity index (χ3n) is 3.11. The number of anilines is 1. The first-order valence-electron chi connectivity index (χ1n) is 6.93. The molecule has 0 aliphatic rings. The third-order valence-corrected chi connectivity index (χ3v) is 3.44. The number of nitrogens with zero attached hydrogens (tertiary/aromatic N) is 2. The zero-order valence-corrected chi connectivity index (χ0v) is 13.7. The first-order chi connectivity index (χ1) is 9.95. The van der Waals surface area contributed by atoms with Crippen LogP contribution >= 0.6 is 11.6 Å². The predicted molar refractivity (Wildman–Crippen MR) is 86.8 cm³/mol. The van der Waals surface area contributed by atoms with Crippen LogP contribution in [0.3, 0.4) is 0 Å². The molecule has 1 rings (SSSR count). The molecule has 5 nitrogen and oxygen atoms in total. The Kier molecular flexibility index (Phi) is 7.50. The number of carbonyl (C=O) groups excluding carboxylic acids is 1. The number of nitrogens with two attached hydrogens (primary N) is 1. The molecule has 0 atom stereocenters.